The lowest BCUT2D eigenvalue weighted by molar-refractivity contribution is -0.157. The minimum absolute atomic E-state index is 0.0311. The largest absolute Gasteiger partial charge is 0.464 e. The van der Waals surface area contributed by atoms with E-state index >= 15 is 0 Å². The van der Waals surface area contributed by atoms with Crippen LogP contribution in [0.15, 0.2) is 48.5 Å². The molecule has 0 aromatic heterocycles. The fourth-order valence-electron chi connectivity index (χ4n) is 2.95. The van der Waals surface area contributed by atoms with Crippen molar-refractivity contribution in [1.29, 1.82) is 0 Å². The van der Waals surface area contributed by atoms with Crippen LogP contribution in [0.4, 0.5) is 26.3 Å². The van der Waals surface area contributed by atoms with Gasteiger partial charge in [-0.3, -0.25) is 0 Å². The summed E-state index contributed by atoms with van der Waals surface area (Å²) < 4.78 is 92.8. The summed E-state index contributed by atoms with van der Waals surface area (Å²) in [6.45, 7) is 1.59. The average molecular weight is 434 g/mol. The first kappa shape index (κ1) is 22.1. The smallest absolute Gasteiger partial charge is 0.416 e. The number of ether oxygens (including phenoxy) is 3. The number of halogens is 6. The maximum absolute atomic E-state index is 12.8. The van der Waals surface area contributed by atoms with E-state index in [2.05, 4.69) is 0 Å². The molecule has 2 aromatic carbocycles. The predicted molar refractivity (Wildman–Crippen MR) is 91.0 cm³/mol. The molecule has 0 bridgehead atoms. The highest BCUT2D eigenvalue weighted by molar-refractivity contribution is 5.76. The Hall–Kier alpha value is -2.59. The summed E-state index contributed by atoms with van der Waals surface area (Å²) in [7, 11) is 0. The van der Waals surface area contributed by atoms with Crippen LogP contribution in [-0.2, 0) is 31.4 Å². The first-order chi connectivity index (χ1) is 14.0. The van der Waals surface area contributed by atoms with Crippen LogP contribution in [0.25, 0.3) is 0 Å². The zero-order valence-corrected chi connectivity index (χ0v) is 15.5. The topological polar surface area (TPSA) is 44.8 Å². The molecule has 1 heterocycles. The van der Waals surface area contributed by atoms with Crippen molar-refractivity contribution in [1.82, 2.24) is 0 Å². The molecule has 1 fully saturated rings. The van der Waals surface area contributed by atoms with Crippen LogP contribution in [0.1, 0.15) is 41.6 Å². The van der Waals surface area contributed by atoms with E-state index in [1.165, 1.54) is 0 Å². The molecule has 4 nitrogen and oxygen atoms in total. The van der Waals surface area contributed by atoms with Crippen molar-refractivity contribution in [3.63, 3.8) is 0 Å². The third-order valence-corrected chi connectivity index (χ3v) is 4.41. The molecule has 10 heteroatoms. The number of hydrogen-bond acceptors (Lipinski definition) is 4. The van der Waals surface area contributed by atoms with Gasteiger partial charge in [0.05, 0.1) is 17.7 Å². The van der Waals surface area contributed by atoms with Crippen molar-refractivity contribution in [3.05, 3.63) is 70.8 Å². The molecular formula is C20H16F6O4. The molecule has 3 atom stereocenters. The molecule has 3 rings (SSSR count). The van der Waals surface area contributed by atoms with Gasteiger partial charge in [-0.2, -0.15) is 26.3 Å². The quantitative estimate of drug-likeness (QED) is 0.475. The van der Waals surface area contributed by atoms with Gasteiger partial charge in [0.1, 0.15) is 6.10 Å². The van der Waals surface area contributed by atoms with Crippen LogP contribution in [0, 0.1) is 0 Å². The van der Waals surface area contributed by atoms with Crippen LogP contribution in [-0.4, -0.2) is 18.7 Å². The molecule has 162 valence electrons. The highest BCUT2D eigenvalue weighted by atomic mass is 19.4. The van der Waals surface area contributed by atoms with E-state index in [-0.39, 0.29) is 17.7 Å². The van der Waals surface area contributed by atoms with Gasteiger partial charge in [0.2, 0.25) is 0 Å². The fraction of sp³-hybridized carbons (Fsp3) is 0.350. The molecule has 30 heavy (non-hydrogen) atoms. The van der Waals surface area contributed by atoms with Gasteiger partial charge in [0.15, 0.2) is 12.4 Å². The second kappa shape index (κ2) is 8.27. The number of esters is 1. The van der Waals surface area contributed by atoms with Crippen LogP contribution in [0.2, 0.25) is 0 Å². The summed E-state index contributed by atoms with van der Waals surface area (Å²) >= 11 is 0. The number of rotatable bonds is 4. The summed E-state index contributed by atoms with van der Waals surface area (Å²) in [5, 5.41) is 0. The van der Waals surface area contributed by atoms with E-state index in [1.54, 1.807) is 6.92 Å². The molecule has 1 saturated heterocycles. The third kappa shape index (κ3) is 4.76. The SMILES string of the molecule is CCOC(=O)[C@@H]1O[C@H](c2ccc(C(F)(F)F)cc2)O[C@@H]1c1ccc(C(F)(F)F)cc1. The Morgan fingerprint density at radius 2 is 1.30 bits per heavy atom. The summed E-state index contributed by atoms with van der Waals surface area (Å²) in [5.41, 5.74) is -1.30. The standard InChI is InChI=1S/C20H16F6O4/c1-2-28-17(27)16-15(11-3-7-13(8-4-11)19(21,22)23)29-18(30-16)12-5-9-14(10-6-12)20(24,25)26/h3-10,15-16,18H,2H2,1H3/t15-,16-,18-/m1/s1. The summed E-state index contributed by atoms with van der Waals surface area (Å²) in [6.07, 6.45) is -12.7. The van der Waals surface area contributed by atoms with Gasteiger partial charge in [-0.1, -0.05) is 24.3 Å². The highest BCUT2D eigenvalue weighted by Crippen LogP contribution is 2.42. The molecule has 2 aromatic rings. The molecule has 0 saturated carbocycles. The minimum atomic E-state index is -4.53. The second-order valence-electron chi connectivity index (χ2n) is 6.44. The number of benzene rings is 2. The van der Waals surface area contributed by atoms with E-state index in [4.69, 9.17) is 14.2 Å². The summed E-state index contributed by atoms with van der Waals surface area (Å²) in [4.78, 5) is 12.3. The van der Waals surface area contributed by atoms with Crippen LogP contribution >= 0.6 is 0 Å². The van der Waals surface area contributed by atoms with Crippen molar-refractivity contribution in [2.75, 3.05) is 6.61 Å². The zero-order chi connectivity index (χ0) is 22.1. The van der Waals surface area contributed by atoms with E-state index in [9.17, 15) is 31.1 Å². The number of carbonyl (C=O) groups excluding carboxylic acids is 1. The van der Waals surface area contributed by atoms with Gasteiger partial charge in [0, 0.05) is 5.56 Å². The molecule has 0 N–H and O–H groups in total. The Labute approximate surface area is 167 Å². The first-order valence-electron chi connectivity index (χ1n) is 8.82. The Morgan fingerprint density at radius 3 is 1.73 bits per heavy atom. The van der Waals surface area contributed by atoms with Gasteiger partial charge in [-0.25, -0.2) is 4.79 Å². The van der Waals surface area contributed by atoms with Gasteiger partial charge in [-0.15, -0.1) is 0 Å². The van der Waals surface area contributed by atoms with E-state index < -0.39 is 47.9 Å². The lowest BCUT2D eigenvalue weighted by Gasteiger charge is -2.16. The molecule has 1 aliphatic heterocycles. The van der Waals surface area contributed by atoms with Crippen LogP contribution in [0.5, 0.6) is 0 Å². The molecule has 0 aliphatic carbocycles. The molecule has 0 amide bonds. The van der Waals surface area contributed by atoms with E-state index in [1.807, 2.05) is 0 Å². The Morgan fingerprint density at radius 1 is 0.833 bits per heavy atom. The van der Waals surface area contributed by atoms with Crippen LogP contribution in [0.3, 0.4) is 0 Å². The molecule has 0 unspecified atom stereocenters. The highest BCUT2D eigenvalue weighted by Gasteiger charge is 2.44. The maximum Gasteiger partial charge on any atom is 0.416 e. The third-order valence-electron chi connectivity index (χ3n) is 4.41. The monoisotopic (exact) mass is 434 g/mol. The molecule has 1 aliphatic rings. The fourth-order valence-corrected chi connectivity index (χ4v) is 2.95. The summed E-state index contributed by atoms with van der Waals surface area (Å²) in [5.74, 6) is -0.795. The van der Waals surface area contributed by atoms with Crippen molar-refractivity contribution >= 4 is 5.97 Å². The lowest BCUT2D eigenvalue weighted by Crippen LogP contribution is -2.28. The first-order valence-corrected chi connectivity index (χ1v) is 8.82. The van der Waals surface area contributed by atoms with Crippen molar-refractivity contribution in [2.24, 2.45) is 0 Å². The lowest BCUT2D eigenvalue weighted by atomic mass is 10.0. The number of hydrogen-bond donors (Lipinski definition) is 0. The molecular weight excluding hydrogens is 418 g/mol. The predicted octanol–water partition coefficient (Wildman–Crippen LogP) is 5.44. The van der Waals surface area contributed by atoms with E-state index in [0.717, 1.165) is 48.5 Å². The van der Waals surface area contributed by atoms with Gasteiger partial charge < -0.3 is 14.2 Å². The van der Waals surface area contributed by atoms with Crippen molar-refractivity contribution in [3.8, 4) is 0 Å². The van der Waals surface area contributed by atoms with Gasteiger partial charge in [0.25, 0.3) is 0 Å². The maximum atomic E-state index is 12.8. The van der Waals surface area contributed by atoms with Crippen LogP contribution < -0.4 is 0 Å². The second-order valence-corrected chi connectivity index (χ2v) is 6.44. The summed E-state index contributed by atoms with van der Waals surface area (Å²) in [6, 6.07) is 7.95. The molecule has 0 radical (unpaired) electrons. The van der Waals surface area contributed by atoms with Gasteiger partial charge in [-0.05, 0) is 36.8 Å². The zero-order valence-electron chi connectivity index (χ0n) is 15.5. The minimum Gasteiger partial charge on any atom is -0.464 e. The van der Waals surface area contributed by atoms with Gasteiger partial charge >= 0.3 is 18.3 Å². The van der Waals surface area contributed by atoms with Crippen molar-refractivity contribution in [2.45, 2.75) is 37.8 Å². The number of alkyl halides is 6. The Kier molecular flexibility index (Phi) is 6.09. The van der Waals surface area contributed by atoms with E-state index in [0.29, 0.717) is 0 Å². The van der Waals surface area contributed by atoms with Crippen molar-refractivity contribution < 1.29 is 45.3 Å². The average Bonchev–Trinajstić information content (AvgIpc) is 3.13. The Balaban J connectivity index is 1.87. The number of carbonyl (C=O) groups is 1. The normalized spacial score (nSPS) is 22.2. The molecule has 0 spiro atoms. The Bertz CT molecular complexity index is 874.